The van der Waals surface area contributed by atoms with Crippen LogP contribution in [0, 0.1) is 6.92 Å². The molecular formula is C25H35N5O3S. The lowest BCUT2D eigenvalue weighted by atomic mass is 10.1. The van der Waals surface area contributed by atoms with Gasteiger partial charge in [0.25, 0.3) is 11.8 Å². The average molecular weight is 486 g/mol. The number of amides is 2. The molecule has 2 amide bonds. The van der Waals surface area contributed by atoms with Crippen LogP contribution in [-0.2, 0) is 0 Å². The molecule has 2 aliphatic rings. The maximum atomic E-state index is 13.5. The Labute approximate surface area is 205 Å². The number of anilines is 1. The number of carbonyl (C=O) groups is 2. The van der Waals surface area contributed by atoms with Crippen LogP contribution in [0.2, 0.25) is 0 Å². The number of nitrogens with one attached hydrogen (secondary N) is 2. The van der Waals surface area contributed by atoms with Gasteiger partial charge >= 0.3 is 0 Å². The Bertz CT molecular complexity index is 1080. The van der Waals surface area contributed by atoms with Gasteiger partial charge in [-0.15, -0.1) is 11.3 Å². The lowest BCUT2D eigenvalue weighted by molar-refractivity contribution is 0.0743. The van der Waals surface area contributed by atoms with Crippen molar-refractivity contribution in [3.05, 3.63) is 28.5 Å². The zero-order valence-corrected chi connectivity index (χ0v) is 21.5. The summed E-state index contributed by atoms with van der Waals surface area (Å²) in [5.41, 5.74) is 1.96. The Morgan fingerprint density at radius 3 is 2.59 bits per heavy atom. The highest BCUT2D eigenvalue weighted by atomic mass is 32.1. The minimum Gasteiger partial charge on any atom is -0.393 e. The molecular weight excluding hydrogens is 450 g/mol. The van der Waals surface area contributed by atoms with Crippen LogP contribution in [0.4, 0.5) is 5.82 Å². The molecule has 2 aromatic rings. The van der Waals surface area contributed by atoms with E-state index in [1.165, 1.54) is 11.3 Å². The Hall–Kier alpha value is -2.52. The zero-order valence-electron chi connectivity index (χ0n) is 20.6. The summed E-state index contributed by atoms with van der Waals surface area (Å²) >= 11 is 1.23. The van der Waals surface area contributed by atoms with Gasteiger partial charge in [0.05, 0.1) is 11.0 Å². The molecule has 9 heteroatoms. The third-order valence-electron chi connectivity index (χ3n) is 6.44. The molecule has 1 saturated heterocycles. The topological polar surface area (TPSA) is 107 Å². The van der Waals surface area contributed by atoms with Gasteiger partial charge in [-0.2, -0.15) is 0 Å². The average Bonchev–Trinajstić information content (AvgIpc) is 3.46. The van der Waals surface area contributed by atoms with Gasteiger partial charge in [-0.3, -0.25) is 9.59 Å². The summed E-state index contributed by atoms with van der Waals surface area (Å²) in [5.74, 6) is 0.329. The van der Waals surface area contributed by atoms with Gasteiger partial charge in [-0.05, 0) is 78.4 Å². The molecule has 8 nitrogen and oxygen atoms in total. The number of hydrogen-bond acceptors (Lipinski definition) is 7. The molecule has 1 unspecified atom stereocenters. The third-order valence-corrected chi connectivity index (χ3v) is 7.52. The molecule has 0 bridgehead atoms. The summed E-state index contributed by atoms with van der Waals surface area (Å²) in [6.07, 6.45) is 5.30. The van der Waals surface area contributed by atoms with E-state index in [0.29, 0.717) is 30.0 Å². The van der Waals surface area contributed by atoms with Crippen LogP contribution in [0.1, 0.15) is 85.7 Å². The highest BCUT2D eigenvalue weighted by Crippen LogP contribution is 2.35. The number of pyridine rings is 1. The van der Waals surface area contributed by atoms with Crippen molar-refractivity contribution in [2.75, 3.05) is 11.9 Å². The third kappa shape index (κ3) is 5.41. The number of likely N-dealkylation sites (tertiary alicyclic amines) is 1. The standard InChI is InChI=1S/C25H35N5O3S/c1-14-11-19(29-25(3,4)5)26-13-18(14)21-20(24(33)30-10-6-7-15(30)2)28-23(34-21)22(32)27-16-8-9-17(31)12-16/h11,13,15-17,31H,6-10,12H2,1-5H3,(H,26,29)(H,27,32)/t15-,16?,17+/m0/s1. The SMILES string of the molecule is Cc1cc(NC(C)(C)C)ncc1-c1sc(C(=O)NC2CC[C@@H](O)C2)nc1C(=O)N1CCC[C@@H]1C. The number of hydrogen-bond donors (Lipinski definition) is 3. The minimum absolute atomic E-state index is 0.0706. The smallest absolute Gasteiger partial charge is 0.280 e. The van der Waals surface area contributed by atoms with Crippen molar-refractivity contribution in [1.29, 1.82) is 0 Å². The molecule has 1 saturated carbocycles. The first-order valence-corrected chi connectivity index (χ1v) is 12.9. The highest BCUT2D eigenvalue weighted by Gasteiger charge is 2.33. The van der Waals surface area contributed by atoms with Crippen molar-refractivity contribution in [3.63, 3.8) is 0 Å². The fraction of sp³-hybridized carbons (Fsp3) is 0.600. The van der Waals surface area contributed by atoms with E-state index >= 15 is 0 Å². The number of carbonyl (C=O) groups excluding carboxylic acids is 2. The van der Waals surface area contributed by atoms with Crippen molar-refractivity contribution in [2.45, 2.75) is 90.4 Å². The minimum atomic E-state index is -0.375. The molecule has 184 valence electrons. The molecule has 2 fully saturated rings. The lowest BCUT2D eigenvalue weighted by Gasteiger charge is -2.22. The monoisotopic (exact) mass is 485 g/mol. The van der Waals surface area contributed by atoms with Gasteiger partial charge in [0.1, 0.15) is 11.5 Å². The molecule has 1 aliphatic heterocycles. The number of thiazole rings is 1. The summed E-state index contributed by atoms with van der Waals surface area (Å²) in [4.78, 5) is 38.2. The van der Waals surface area contributed by atoms with Gasteiger partial charge in [-0.1, -0.05) is 0 Å². The van der Waals surface area contributed by atoms with E-state index in [9.17, 15) is 14.7 Å². The van der Waals surface area contributed by atoms with Crippen LogP contribution in [0.5, 0.6) is 0 Å². The fourth-order valence-electron chi connectivity index (χ4n) is 4.70. The molecule has 0 aromatic carbocycles. The quantitative estimate of drug-likeness (QED) is 0.591. The fourth-order valence-corrected chi connectivity index (χ4v) is 5.73. The second-order valence-corrected chi connectivity index (χ2v) is 11.6. The van der Waals surface area contributed by atoms with Crippen molar-refractivity contribution in [1.82, 2.24) is 20.2 Å². The van der Waals surface area contributed by atoms with E-state index < -0.39 is 0 Å². The number of aliphatic hydroxyl groups excluding tert-OH is 1. The van der Waals surface area contributed by atoms with Crippen molar-refractivity contribution in [2.24, 2.45) is 0 Å². The normalized spacial score (nSPS) is 22.8. The molecule has 3 atom stereocenters. The van der Waals surface area contributed by atoms with E-state index in [-0.39, 0.29) is 40.5 Å². The summed E-state index contributed by atoms with van der Waals surface area (Å²) < 4.78 is 0. The van der Waals surface area contributed by atoms with Crippen LogP contribution in [0.3, 0.4) is 0 Å². The van der Waals surface area contributed by atoms with Crippen LogP contribution in [0.25, 0.3) is 10.4 Å². The van der Waals surface area contributed by atoms with Crippen LogP contribution in [-0.4, -0.2) is 62.1 Å². The van der Waals surface area contributed by atoms with E-state index in [1.807, 2.05) is 17.9 Å². The number of aliphatic hydroxyl groups is 1. The number of rotatable bonds is 5. The zero-order chi connectivity index (χ0) is 24.6. The largest absolute Gasteiger partial charge is 0.393 e. The molecule has 0 radical (unpaired) electrons. The van der Waals surface area contributed by atoms with Crippen molar-refractivity contribution < 1.29 is 14.7 Å². The number of nitrogens with zero attached hydrogens (tertiary/aromatic N) is 3. The maximum absolute atomic E-state index is 13.5. The van der Waals surface area contributed by atoms with E-state index in [1.54, 1.807) is 6.20 Å². The van der Waals surface area contributed by atoms with Crippen molar-refractivity contribution >= 4 is 29.0 Å². The van der Waals surface area contributed by atoms with Gasteiger partial charge in [0.15, 0.2) is 5.01 Å². The Morgan fingerprint density at radius 1 is 1.24 bits per heavy atom. The first-order chi connectivity index (χ1) is 16.0. The molecule has 1 aliphatic carbocycles. The predicted octanol–water partition coefficient (Wildman–Crippen LogP) is 3.99. The maximum Gasteiger partial charge on any atom is 0.280 e. The first-order valence-electron chi connectivity index (χ1n) is 12.1. The predicted molar refractivity (Wildman–Crippen MR) is 134 cm³/mol. The summed E-state index contributed by atoms with van der Waals surface area (Å²) in [6, 6.07) is 2.04. The molecule has 34 heavy (non-hydrogen) atoms. The van der Waals surface area contributed by atoms with Crippen molar-refractivity contribution in [3.8, 4) is 10.4 Å². The molecule has 0 spiro atoms. The highest BCUT2D eigenvalue weighted by molar-refractivity contribution is 7.17. The summed E-state index contributed by atoms with van der Waals surface area (Å²) in [7, 11) is 0. The second-order valence-electron chi connectivity index (χ2n) is 10.6. The Morgan fingerprint density at radius 2 is 2.00 bits per heavy atom. The van der Waals surface area contributed by atoms with Crippen LogP contribution in [0.15, 0.2) is 12.3 Å². The van der Waals surface area contributed by atoms with Gasteiger partial charge in [0, 0.05) is 35.9 Å². The molecule has 2 aromatic heterocycles. The summed E-state index contributed by atoms with van der Waals surface area (Å²) in [6.45, 7) is 11.0. The van der Waals surface area contributed by atoms with Crippen LogP contribution >= 0.6 is 11.3 Å². The van der Waals surface area contributed by atoms with Gasteiger partial charge in [-0.25, -0.2) is 9.97 Å². The molecule has 3 heterocycles. The van der Waals surface area contributed by atoms with Gasteiger partial charge in [0.2, 0.25) is 0 Å². The Balaban J connectivity index is 1.68. The number of aromatic nitrogens is 2. The van der Waals surface area contributed by atoms with Crippen LogP contribution < -0.4 is 10.6 Å². The molecule has 3 N–H and O–H groups in total. The van der Waals surface area contributed by atoms with E-state index in [2.05, 4.69) is 48.3 Å². The first kappa shape index (κ1) is 24.6. The van der Waals surface area contributed by atoms with E-state index in [0.717, 1.165) is 36.2 Å². The Kier molecular flexibility index (Phi) is 6.96. The number of aryl methyl sites for hydroxylation is 1. The molecule has 4 rings (SSSR count). The van der Waals surface area contributed by atoms with Gasteiger partial charge < -0.3 is 20.6 Å². The summed E-state index contributed by atoms with van der Waals surface area (Å²) in [5, 5.41) is 16.4. The lowest BCUT2D eigenvalue weighted by Crippen LogP contribution is -2.35. The van der Waals surface area contributed by atoms with E-state index in [4.69, 9.17) is 0 Å². The second kappa shape index (κ2) is 9.62.